The van der Waals surface area contributed by atoms with E-state index in [1.807, 2.05) is 0 Å². The number of ether oxygens (including phenoxy) is 3. The lowest BCUT2D eigenvalue weighted by Gasteiger charge is -2.10. The molecule has 17 heavy (non-hydrogen) atoms. The first-order valence-electron chi connectivity index (χ1n) is 5.14. The van der Waals surface area contributed by atoms with E-state index in [4.69, 9.17) is 20.3 Å². The van der Waals surface area contributed by atoms with E-state index in [0.29, 0.717) is 0 Å². The summed E-state index contributed by atoms with van der Waals surface area (Å²) in [5.74, 6) is 0. The van der Waals surface area contributed by atoms with E-state index in [2.05, 4.69) is 4.74 Å². The Kier molecular flexibility index (Phi) is 9.37. The zero-order valence-corrected chi connectivity index (χ0v) is 9.41. The van der Waals surface area contributed by atoms with Crippen LogP contribution in [0, 0.1) is 0 Å². The van der Waals surface area contributed by atoms with Crippen LogP contribution in [-0.2, 0) is 14.2 Å². The van der Waals surface area contributed by atoms with Crippen LogP contribution in [0.2, 0.25) is 0 Å². The van der Waals surface area contributed by atoms with Crippen molar-refractivity contribution in [2.45, 2.75) is 12.3 Å². The summed E-state index contributed by atoms with van der Waals surface area (Å²) in [6, 6.07) is 0. The maximum atomic E-state index is 11.6. The Hall–Kier alpha value is -0.410. The predicted octanol–water partition coefficient (Wildman–Crippen LogP) is -0.0819. The van der Waals surface area contributed by atoms with Gasteiger partial charge < -0.3 is 25.1 Å². The minimum atomic E-state index is -4.30. The molecule has 0 aromatic heterocycles. The molecule has 104 valence electrons. The Morgan fingerprint density at radius 3 is 2.06 bits per heavy atom. The molecule has 0 heterocycles. The van der Waals surface area contributed by atoms with E-state index in [9.17, 15) is 13.2 Å². The lowest BCUT2D eigenvalue weighted by Crippen LogP contribution is -2.26. The summed E-state index contributed by atoms with van der Waals surface area (Å²) in [4.78, 5) is 0. The summed E-state index contributed by atoms with van der Waals surface area (Å²) in [6.07, 6.45) is -5.01. The van der Waals surface area contributed by atoms with Gasteiger partial charge in [-0.1, -0.05) is 0 Å². The van der Waals surface area contributed by atoms with Gasteiger partial charge in [-0.25, -0.2) is 0 Å². The normalized spacial score (nSPS) is 13.9. The molecule has 0 rings (SSSR count). The van der Waals surface area contributed by atoms with Gasteiger partial charge >= 0.3 is 6.18 Å². The average molecular weight is 261 g/mol. The van der Waals surface area contributed by atoms with Crippen LogP contribution < -0.4 is 5.73 Å². The van der Waals surface area contributed by atoms with E-state index in [0.717, 1.165) is 0 Å². The SMILES string of the molecule is NCC(O)COCCOCCOCC(F)(F)F. The Bertz CT molecular complexity index is 180. The second-order valence-electron chi connectivity index (χ2n) is 3.24. The summed E-state index contributed by atoms with van der Waals surface area (Å²) in [6.45, 7) is -0.612. The van der Waals surface area contributed by atoms with Crippen molar-refractivity contribution in [2.75, 3.05) is 46.2 Å². The molecule has 0 aliphatic rings. The fraction of sp³-hybridized carbons (Fsp3) is 1.00. The van der Waals surface area contributed by atoms with E-state index in [-0.39, 0.29) is 39.6 Å². The third-order valence-electron chi connectivity index (χ3n) is 1.59. The maximum absolute atomic E-state index is 11.6. The first-order chi connectivity index (χ1) is 7.95. The topological polar surface area (TPSA) is 73.9 Å². The van der Waals surface area contributed by atoms with Crippen LogP contribution in [0.4, 0.5) is 13.2 Å². The van der Waals surface area contributed by atoms with Crippen molar-refractivity contribution < 1.29 is 32.5 Å². The summed E-state index contributed by atoms with van der Waals surface area (Å²) >= 11 is 0. The van der Waals surface area contributed by atoms with Crippen LogP contribution >= 0.6 is 0 Å². The number of hydrogen-bond donors (Lipinski definition) is 2. The number of nitrogens with two attached hydrogens (primary N) is 1. The second-order valence-corrected chi connectivity index (χ2v) is 3.24. The summed E-state index contributed by atoms with van der Waals surface area (Å²) < 4.78 is 49.1. The first-order valence-corrected chi connectivity index (χ1v) is 5.14. The summed E-state index contributed by atoms with van der Waals surface area (Å²) in [5, 5.41) is 8.99. The first kappa shape index (κ1) is 16.6. The third kappa shape index (κ3) is 13.5. The number of aliphatic hydroxyl groups excluding tert-OH is 1. The largest absolute Gasteiger partial charge is 0.411 e. The predicted molar refractivity (Wildman–Crippen MR) is 53.6 cm³/mol. The van der Waals surface area contributed by atoms with Crippen molar-refractivity contribution in [3.63, 3.8) is 0 Å². The quantitative estimate of drug-likeness (QED) is 0.538. The number of rotatable bonds is 10. The smallest absolute Gasteiger partial charge is 0.389 e. The highest BCUT2D eigenvalue weighted by Gasteiger charge is 2.27. The minimum Gasteiger partial charge on any atom is -0.389 e. The number of alkyl halides is 3. The molecule has 0 aromatic carbocycles. The van der Waals surface area contributed by atoms with Crippen molar-refractivity contribution in [2.24, 2.45) is 5.73 Å². The van der Waals surface area contributed by atoms with Gasteiger partial charge in [-0.3, -0.25) is 0 Å². The molecule has 3 N–H and O–H groups in total. The zero-order valence-electron chi connectivity index (χ0n) is 9.41. The second kappa shape index (κ2) is 9.60. The number of halogens is 3. The van der Waals surface area contributed by atoms with E-state index in [1.165, 1.54) is 0 Å². The molecule has 0 fully saturated rings. The molecule has 8 heteroatoms. The number of aliphatic hydroxyl groups is 1. The van der Waals surface area contributed by atoms with Gasteiger partial charge in [0, 0.05) is 6.54 Å². The van der Waals surface area contributed by atoms with Crippen molar-refractivity contribution in [3.05, 3.63) is 0 Å². The maximum Gasteiger partial charge on any atom is 0.411 e. The van der Waals surface area contributed by atoms with Gasteiger partial charge in [0.2, 0.25) is 0 Å². The molecule has 0 saturated carbocycles. The van der Waals surface area contributed by atoms with Crippen molar-refractivity contribution >= 4 is 0 Å². The molecule has 1 atom stereocenters. The monoisotopic (exact) mass is 261 g/mol. The lowest BCUT2D eigenvalue weighted by atomic mass is 10.4. The van der Waals surface area contributed by atoms with E-state index in [1.54, 1.807) is 0 Å². The van der Waals surface area contributed by atoms with E-state index >= 15 is 0 Å². The molecule has 0 amide bonds. The highest BCUT2D eigenvalue weighted by atomic mass is 19.4. The van der Waals surface area contributed by atoms with Crippen LogP contribution in [0.3, 0.4) is 0 Å². The molecule has 0 radical (unpaired) electrons. The van der Waals surface area contributed by atoms with Gasteiger partial charge in [-0.05, 0) is 0 Å². The van der Waals surface area contributed by atoms with Gasteiger partial charge in [0.1, 0.15) is 6.61 Å². The Labute approximate surface area is 97.6 Å². The van der Waals surface area contributed by atoms with Crippen molar-refractivity contribution in [3.8, 4) is 0 Å². The molecule has 0 bridgehead atoms. The molecule has 0 spiro atoms. The van der Waals surface area contributed by atoms with Gasteiger partial charge in [-0.2, -0.15) is 13.2 Å². The van der Waals surface area contributed by atoms with Gasteiger partial charge in [-0.15, -0.1) is 0 Å². The van der Waals surface area contributed by atoms with E-state index < -0.39 is 18.9 Å². The standard InChI is InChI=1S/C9H18F3NO4/c10-9(11,12)7-17-4-2-15-1-3-16-6-8(14)5-13/h8,14H,1-7,13H2. The van der Waals surface area contributed by atoms with Crippen LogP contribution in [-0.4, -0.2) is 63.6 Å². The van der Waals surface area contributed by atoms with Crippen LogP contribution in [0.25, 0.3) is 0 Å². The summed E-state index contributed by atoms with van der Waals surface area (Å²) in [7, 11) is 0. The highest BCUT2D eigenvalue weighted by molar-refractivity contribution is 4.51. The average Bonchev–Trinajstić information content (AvgIpc) is 2.25. The highest BCUT2D eigenvalue weighted by Crippen LogP contribution is 2.13. The van der Waals surface area contributed by atoms with Crippen LogP contribution in [0.1, 0.15) is 0 Å². The van der Waals surface area contributed by atoms with Crippen LogP contribution in [0.15, 0.2) is 0 Å². The van der Waals surface area contributed by atoms with Gasteiger partial charge in [0.05, 0.1) is 39.1 Å². The Morgan fingerprint density at radius 2 is 1.53 bits per heavy atom. The van der Waals surface area contributed by atoms with Crippen molar-refractivity contribution in [1.29, 1.82) is 0 Å². The molecule has 1 unspecified atom stereocenters. The molecule has 0 aliphatic heterocycles. The molecule has 5 nitrogen and oxygen atoms in total. The lowest BCUT2D eigenvalue weighted by molar-refractivity contribution is -0.176. The fourth-order valence-corrected chi connectivity index (χ4v) is 0.813. The van der Waals surface area contributed by atoms with Gasteiger partial charge in [0.25, 0.3) is 0 Å². The van der Waals surface area contributed by atoms with Crippen LogP contribution in [0.5, 0.6) is 0 Å². The molecular formula is C9H18F3NO4. The number of hydrogen-bond acceptors (Lipinski definition) is 5. The Balaban J connectivity index is 3.09. The van der Waals surface area contributed by atoms with Crippen molar-refractivity contribution in [1.82, 2.24) is 0 Å². The molecular weight excluding hydrogens is 243 g/mol. The summed E-state index contributed by atoms with van der Waals surface area (Å²) in [5.41, 5.74) is 5.13. The Morgan fingerprint density at radius 1 is 1.00 bits per heavy atom. The fourth-order valence-electron chi connectivity index (χ4n) is 0.813. The zero-order chi connectivity index (χ0) is 13.1. The van der Waals surface area contributed by atoms with Gasteiger partial charge in [0.15, 0.2) is 0 Å². The third-order valence-corrected chi connectivity index (χ3v) is 1.59. The molecule has 0 aliphatic carbocycles. The molecule has 0 aromatic rings. The molecule has 0 saturated heterocycles. The minimum absolute atomic E-state index is 0.0683.